The minimum Gasteiger partial charge on any atom is -0.508 e. The van der Waals surface area contributed by atoms with Gasteiger partial charge in [0.1, 0.15) is 5.75 Å². The van der Waals surface area contributed by atoms with E-state index in [9.17, 15) is 5.11 Å². The van der Waals surface area contributed by atoms with Crippen LogP contribution in [-0.4, -0.2) is 28.8 Å². The molecule has 166 valence electrons. The van der Waals surface area contributed by atoms with E-state index in [0.717, 1.165) is 54.9 Å². The van der Waals surface area contributed by atoms with E-state index in [2.05, 4.69) is 51.3 Å². The van der Waals surface area contributed by atoms with Crippen LogP contribution < -0.4 is 0 Å². The number of likely N-dealkylation sites (tertiary alicyclic amines) is 1. The SMILES string of the molecule is C=C(C)N=C(/C=C(\CC)c1ccc(O)c(CCC)c1)/C(C)=C(\C)N1CCCCC1.Cl. The van der Waals surface area contributed by atoms with Crippen LogP contribution in [0.3, 0.4) is 0 Å². The third-order valence-electron chi connectivity index (χ3n) is 5.73. The molecule has 1 aromatic rings. The van der Waals surface area contributed by atoms with Crippen molar-refractivity contribution in [2.45, 2.75) is 73.1 Å². The number of hydrogen-bond acceptors (Lipinski definition) is 3. The highest BCUT2D eigenvalue weighted by Crippen LogP contribution is 2.27. The van der Waals surface area contributed by atoms with Crippen LogP contribution in [0, 0.1) is 0 Å². The molecule has 0 aliphatic carbocycles. The fraction of sp³-hybridized carbons (Fsp3) is 0.500. The number of allylic oxidation sites excluding steroid dienone is 5. The van der Waals surface area contributed by atoms with Crippen molar-refractivity contribution in [1.82, 2.24) is 4.90 Å². The Balaban J connectivity index is 0.00000450. The smallest absolute Gasteiger partial charge is 0.118 e. The van der Waals surface area contributed by atoms with Crippen LogP contribution in [0.2, 0.25) is 0 Å². The molecule has 0 unspecified atom stereocenters. The monoisotopic (exact) mass is 430 g/mol. The number of nitrogens with zero attached hydrogens (tertiary/aromatic N) is 2. The summed E-state index contributed by atoms with van der Waals surface area (Å²) in [6, 6.07) is 5.96. The quantitative estimate of drug-likeness (QED) is 0.438. The molecule has 0 saturated carbocycles. The van der Waals surface area contributed by atoms with Crippen molar-refractivity contribution in [3.05, 3.63) is 58.9 Å². The van der Waals surface area contributed by atoms with E-state index in [1.165, 1.54) is 36.1 Å². The first-order valence-corrected chi connectivity index (χ1v) is 11.1. The zero-order valence-corrected chi connectivity index (χ0v) is 20.2. The Morgan fingerprint density at radius 1 is 1.13 bits per heavy atom. The zero-order chi connectivity index (χ0) is 21.4. The standard InChI is InChI=1S/C26H38N2O.ClH/c1-7-12-24-17-23(13-14-26(24)29)22(8-2)18-25(27-19(3)4)20(5)21(6)28-15-10-9-11-16-28;/h13-14,17-18,29H,3,7-12,15-16H2,1-2,4-6H3;1H/b21-20+,22-18+,27-25?;. The van der Waals surface area contributed by atoms with Crippen LogP contribution in [0.5, 0.6) is 5.75 Å². The minimum absolute atomic E-state index is 0. The molecule has 0 atom stereocenters. The van der Waals surface area contributed by atoms with Crippen LogP contribution in [0.1, 0.15) is 77.8 Å². The van der Waals surface area contributed by atoms with Gasteiger partial charge in [-0.3, -0.25) is 4.99 Å². The van der Waals surface area contributed by atoms with E-state index in [-0.39, 0.29) is 12.4 Å². The lowest BCUT2D eigenvalue weighted by molar-refractivity contribution is 0.284. The predicted molar refractivity (Wildman–Crippen MR) is 134 cm³/mol. The Labute approximate surface area is 189 Å². The number of piperidine rings is 1. The summed E-state index contributed by atoms with van der Waals surface area (Å²) < 4.78 is 0. The number of aromatic hydroxyl groups is 1. The maximum absolute atomic E-state index is 10.2. The Hall–Kier alpha value is -2.00. The molecule has 2 rings (SSSR count). The van der Waals surface area contributed by atoms with Crippen LogP contribution >= 0.6 is 12.4 Å². The van der Waals surface area contributed by atoms with E-state index in [0.29, 0.717) is 5.75 Å². The number of aryl methyl sites for hydroxylation is 1. The van der Waals surface area contributed by atoms with Crippen LogP contribution in [0.15, 0.2) is 52.8 Å². The molecular weight excluding hydrogens is 392 g/mol. The second-order valence-corrected chi connectivity index (χ2v) is 8.11. The topological polar surface area (TPSA) is 35.8 Å². The highest BCUT2D eigenvalue weighted by Gasteiger charge is 2.15. The average molecular weight is 431 g/mol. The van der Waals surface area contributed by atoms with Crippen molar-refractivity contribution in [3.8, 4) is 5.75 Å². The normalized spacial score (nSPS) is 16.1. The summed E-state index contributed by atoms with van der Waals surface area (Å²) in [5, 5.41) is 10.2. The first-order valence-electron chi connectivity index (χ1n) is 11.1. The Morgan fingerprint density at radius 3 is 2.37 bits per heavy atom. The lowest BCUT2D eigenvalue weighted by Crippen LogP contribution is -2.29. The van der Waals surface area contributed by atoms with Gasteiger partial charge < -0.3 is 10.0 Å². The van der Waals surface area contributed by atoms with E-state index in [1.54, 1.807) is 0 Å². The summed E-state index contributed by atoms with van der Waals surface area (Å²) in [5.41, 5.74) is 7.74. The maximum atomic E-state index is 10.2. The minimum atomic E-state index is 0. The molecule has 3 nitrogen and oxygen atoms in total. The molecule has 0 spiro atoms. The molecular formula is C26H39ClN2O. The predicted octanol–water partition coefficient (Wildman–Crippen LogP) is 7.31. The van der Waals surface area contributed by atoms with Gasteiger partial charge in [-0.25, -0.2) is 0 Å². The van der Waals surface area contributed by atoms with Gasteiger partial charge in [0.05, 0.1) is 5.71 Å². The molecule has 4 heteroatoms. The third kappa shape index (κ3) is 7.05. The van der Waals surface area contributed by atoms with Gasteiger partial charge in [-0.2, -0.15) is 0 Å². The molecule has 0 amide bonds. The lowest BCUT2D eigenvalue weighted by atomic mass is 9.96. The summed E-state index contributed by atoms with van der Waals surface area (Å²) in [4.78, 5) is 7.29. The van der Waals surface area contributed by atoms with Crippen molar-refractivity contribution in [1.29, 1.82) is 0 Å². The fourth-order valence-corrected chi connectivity index (χ4v) is 3.89. The second-order valence-electron chi connectivity index (χ2n) is 8.11. The Bertz CT molecular complexity index is 814. The number of rotatable bonds is 8. The lowest BCUT2D eigenvalue weighted by Gasteiger charge is -2.31. The number of phenols is 1. The van der Waals surface area contributed by atoms with Crippen molar-refractivity contribution < 1.29 is 5.11 Å². The number of phenolic OH excluding ortho intramolecular Hbond substituents is 1. The molecule has 1 fully saturated rings. The molecule has 30 heavy (non-hydrogen) atoms. The van der Waals surface area contributed by atoms with E-state index < -0.39 is 0 Å². The number of aliphatic imine (C=N–C) groups is 1. The number of benzene rings is 1. The summed E-state index contributed by atoms with van der Waals surface area (Å²) in [6.07, 6.45) is 8.87. The fourth-order valence-electron chi connectivity index (χ4n) is 3.89. The van der Waals surface area contributed by atoms with Crippen molar-refractivity contribution in [2.24, 2.45) is 4.99 Å². The van der Waals surface area contributed by atoms with Gasteiger partial charge in [0.2, 0.25) is 0 Å². The molecule has 1 aliphatic heterocycles. The molecule has 1 aliphatic rings. The van der Waals surface area contributed by atoms with Crippen molar-refractivity contribution >= 4 is 23.7 Å². The molecule has 1 heterocycles. The van der Waals surface area contributed by atoms with Gasteiger partial charge in [-0.05, 0) is 93.4 Å². The van der Waals surface area contributed by atoms with Gasteiger partial charge in [0, 0.05) is 24.5 Å². The van der Waals surface area contributed by atoms with E-state index in [4.69, 9.17) is 4.99 Å². The number of halogens is 1. The van der Waals surface area contributed by atoms with E-state index >= 15 is 0 Å². The molecule has 0 aromatic heterocycles. The van der Waals surface area contributed by atoms with Crippen molar-refractivity contribution in [2.75, 3.05) is 13.1 Å². The van der Waals surface area contributed by atoms with Crippen molar-refractivity contribution in [3.63, 3.8) is 0 Å². The summed E-state index contributed by atoms with van der Waals surface area (Å²) in [6.45, 7) is 16.9. The molecule has 0 bridgehead atoms. The van der Waals surface area contributed by atoms with Gasteiger partial charge >= 0.3 is 0 Å². The first-order chi connectivity index (χ1) is 13.9. The van der Waals surface area contributed by atoms with Gasteiger partial charge in [-0.15, -0.1) is 12.4 Å². The summed E-state index contributed by atoms with van der Waals surface area (Å²) >= 11 is 0. The number of hydrogen-bond donors (Lipinski definition) is 1. The largest absolute Gasteiger partial charge is 0.508 e. The zero-order valence-electron chi connectivity index (χ0n) is 19.4. The summed E-state index contributed by atoms with van der Waals surface area (Å²) in [7, 11) is 0. The Kier molecular flexibility index (Phi) is 11.0. The van der Waals surface area contributed by atoms with E-state index in [1.807, 2.05) is 19.1 Å². The molecule has 0 radical (unpaired) electrons. The third-order valence-corrected chi connectivity index (χ3v) is 5.73. The molecule has 1 aromatic carbocycles. The maximum Gasteiger partial charge on any atom is 0.118 e. The van der Waals surface area contributed by atoms with Crippen LogP contribution in [0.4, 0.5) is 0 Å². The highest BCUT2D eigenvalue weighted by atomic mass is 35.5. The average Bonchev–Trinajstić information content (AvgIpc) is 2.72. The van der Waals surface area contributed by atoms with Gasteiger partial charge in [0.25, 0.3) is 0 Å². The highest BCUT2D eigenvalue weighted by molar-refractivity contribution is 6.12. The first kappa shape index (κ1) is 26.0. The summed E-state index contributed by atoms with van der Waals surface area (Å²) in [5.74, 6) is 0.388. The Morgan fingerprint density at radius 2 is 1.80 bits per heavy atom. The van der Waals surface area contributed by atoms with Crippen LogP contribution in [-0.2, 0) is 6.42 Å². The van der Waals surface area contributed by atoms with Gasteiger partial charge in [-0.1, -0.05) is 32.9 Å². The van der Waals surface area contributed by atoms with Crippen LogP contribution in [0.25, 0.3) is 5.57 Å². The molecule has 1 saturated heterocycles. The van der Waals surface area contributed by atoms with Gasteiger partial charge in [0.15, 0.2) is 0 Å². The second kappa shape index (κ2) is 12.6. The molecule has 1 N–H and O–H groups in total.